The fourth-order valence-electron chi connectivity index (χ4n) is 11.8. The number of hydrogen-bond donors (Lipinski definition) is 0. The van der Waals surface area contributed by atoms with E-state index in [1.807, 2.05) is 6.20 Å². The van der Waals surface area contributed by atoms with E-state index in [0.717, 1.165) is 67.5 Å². The molecule has 0 fully saturated rings. The van der Waals surface area contributed by atoms with E-state index in [2.05, 4.69) is 294 Å². The van der Waals surface area contributed by atoms with Crippen LogP contribution < -0.4 is 14.5 Å². The summed E-state index contributed by atoms with van der Waals surface area (Å²) < 4.78 is 11.6. The van der Waals surface area contributed by atoms with Gasteiger partial charge in [0.25, 0.3) is 0 Å². The van der Waals surface area contributed by atoms with Gasteiger partial charge in [0.2, 0.25) is 0 Å². The summed E-state index contributed by atoms with van der Waals surface area (Å²) in [6, 6.07) is 75.3. The predicted molar refractivity (Wildman–Crippen MR) is 333 cm³/mol. The molecule has 12 aromatic rings. The molecule has 1 aliphatic heterocycles. The molecule has 6 heteroatoms. The minimum Gasteiger partial charge on any atom is -0.457 e. The van der Waals surface area contributed by atoms with E-state index in [9.17, 15) is 0 Å². The van der Waals surface area contributed by atoms with Gasteiger partial charge in [0.1, 0.15) is 24.0 Å². The van der Waals surface area contributed by atoms with Crippen LogP contribution in [-0.4, -0.2) is 20.8 Å². The summed E-state index contributed by atoms with van der Waals surface area (Å²) in [5.74, 6) is 2.37. The Morgan fingerprint density at radius 2 is 0.937 bits per heavy atom. The number of rotatable bonds is 8. The zero-order chi connectivity index (χ0) is 54.5. The van der Waals surface area contributed by atoms with E-state index < -0.39 is 0 Å². The van der Waals surface area contributed by atoms with Crippen LogP contribution in [0.5, 0.6) is 11.5 Å². The number of anilines is 4. The molecule has 0 radical (unpaired) electrons. The van der Waals surface area contributed by atoms with Gasteiger partial charge in [-0.05, 0) is 147 Å². The number of aryl methyl sites for hydroxylation is 1. The zero-order valence-electron chi connectivity index (χ0n) is 47.1. The van der Waals surface area contributed by atoms with Crippen LogP contribution in [0.1, 0.15) is 84.6 Å². The van der Waals surface area contributed by atoms with Gasteiger partial charge in [-0.3, -0.25) is 4.57 Å². The summed E-state index contributed by atoms with van der Waals surface area (Å²) in [7, 11) is 0. The second-order valence-corrected chi connectivity index (χ2v) is 24.7. The van der Waals surface area contributed by atoms with Crippen molar-refractivity contribution in [2.24, 2.45) is 0 Å². The first kappa shape index (κ1) is 49.7. The molecule has 0 amide bonds. The Balaban J connectivity index is 0.846. The van der Waals surface area contributed by atoms with Gasteiger partial charge in [-0.2, -0.15) is 0 Å². The second kappa shape index (κ2) is 18.7. The number of fused-ring (bicyclic) bond motifs is 7. The summed E-state index contributed by atoms with van der Waals surface area (Å²) in [5.41, 5.74) is 20.0. The Labute approximate surface area is 464 Å². The van der Waals surface area contributed by atoms with Crippen molar-refractivity contribution in [1.82, 2.24) is 14.1 Å². The largest absolute Gasteiger partial charge is 0.457 e. The summed E-state index contributed by atoms with van der Waals surface area (Å²) in [5, 5.41) is 4.81. The van der Waals surface area contributed by atoms with Crippen LogP contribution in [0.15, 0.2) is 212 Å². The number of para-hydroxylation sites is 3. The van der Waals surface area contributed by atoms with Gasteiger partial charge in [-0.1, -0.05) is 172 Å². The molecule has 0 bridgehead atoms. The SMILES string of the molecule is Cc1cc(-n2c3ccccc3c3ccc(Oc4cccc(N5CN(c6cc(C(C)(C)C)cc(C(C)(C)C)c6)c6cc(-c7ccc(C(C)(C)C)cc7)ccc65)c4)cc32)ncc1-c1cccc(-n2c3ccccc3c3ccccc32)c1. The maximum atomic E-state index is 6.91. The molecular formula is C73H67N5O. The quantitative estimate of drug-likeness (QED) is 0.152. The summed E-state index contributed by atoms with van der Waals surface area (Å²) in [6.07, 6.45) is 2.04. The third-order valence-electron chi connectivity index (χ3n) is 16.2. The Morgan fingerprint density at radius 1 is 0.380 bits per heavy atom. The minimum absolute atomic E-state index is 0.0259. The van der Waals surface area contributed by atoms with Gasteiger partial charge in [-0.15, -0.1) is 0 Å². The molecule has 0 saturated carbocycles. The van der Waals surface area contributed by atoms with Crippen LogP contribution in [0.4, 0.5) is 22.7 Å². The maximum absolute atomic E-state index is 6.91. The average molecular weight is 1030 g/mol. The molecule has 6 nitrogen and oxygen atoms in total. The fraction of sp³-hybridized carbons (Fsp3) is 0.192. The van der Waals surface area contributed by atoms with Crippen LogP contribution in [0.3, 0.4) is 0 Å². The molecule has 79 heavy (non-hydrogen) atoms. The van der Waals surface area contributed by atoms with E-state index in [-0.39, 0.29) is 16.2 Å². The topological polar surface area (TPSA) is 38.5 Å². The lowest BCUT2D eigenvalue weighted by atomic mass is 9.80. The first-order valence-corrected chi connectivity index (χ1v) is 27.8. The first-order valence-electron chi connectivity index (χ1n) is 27.8. The van der Waals surface area contributed by atoms with Crippen LogP contribution in [0, 0.1) is 6.92 Å². The van der Waals surface area contributed by atoms with E-state index in [0.29, 0.717) is 6.67 Å². The van der Waals surface area contributed by atoms with Gasteiger partial charge in [0.05, 0.1) is 33.4 Å². The van der Waals surface area contributed by atoms with Crippen LogP contribution >= 0.6 is 0 Å². The molecule has 13 rings (SSSR count). The Hall–Kier alpha value is -8.87. The molecular weight excluding hydrogens is 963 g/mol. The Bertz CT molecular complexity index is 4260. The monoisotopic (exact) mass is 1030 g/mol. The predicted octanol–water partition coefficient (Wildman–Crippen LogP) is 19.9. The minimum atomic E-state index is -0.0259. The molecule has 390 valence electrons. The van der Waals surface area contributed by atoms with Gasteiger partial charge >= 0.3 is 0 Å². The van der Waals surface area contributed by atoms with E-state index in [1.54, 1.807) is 0 Å². The van der Waals surface area contributed by atoms with E-state index >= 15 is 0 Å². The number of hydrogen-bond acceptors (Lipinski definition) is 4. The van der Waals surface area contributed by atoms with Crippen LogP contribution in [-0.2, 0) is 16.2 Å². The smallest absolute Gasteiger partial charge is 0.137 e. The van der Waals surface area contributed by atoms with Crippen molar-refractivity contribution >= 4 is 66.4 Å². The molecule has 4 heterocycles. The Kier molecular flexibility index (Phi) is 11.7. The molecule has 0 spiro atoms. The number of pyridine rings is 1. The summed E-state index contributed by atoms with van der Waals surface area (Å²) in [4.78, 5) is 10.2. The number of aromatic nitrogens is 3. The molecule has 0 unspecified atom stereocenters. The molecule has 3 aromatic heterocycles. The van der Waals surface area contributed by atoms with Gasteiger partial charge in [0, 0.05) is 62.5 Å². The number of nitrogens with zero attached hydrogens (tertiary/aromatic N) is 5. The highest BCUT2D eigenvalue weighted by atomic mass is 16.5. The molecule has 0 aliphatic carbocycles. The molecule has 0 saturated heterocycles. The normalized spacial score (nSPS) is 13.1. The zero-order valence-corrected chi connectivity index (χ0v) is 47.1. The summed E-state index contributed by atoms with van der Waals surface area (Å²) >= 11 is 0. The van der Waals surface area contributed by atoms with Gasteiger partial charge in [-0.25, -0.2) is 4.98 Å². The van der Waals surface area contributed by atoms with Crippen molar-refractivity contribution in [1.29, 1.82) is 0 Å². The van der Waals surface area contributed by atoms with Crippen LogP contribution in [0.25, 0.3) is 77.4 Å². The molecule has 0 atom stereocenters. The van der Waals surface area contributed by atoms with Crippen molar-refractivity contribution < 1.29 is 4.74 Å². The lowest BCUT2D eigenvalue weighted by Gasteiger charge is -2.29. The number of ether oxygens (including phenoxy) is 1. The van der Waals surface area contributed by atoms with Crippen molar-refractivity contribution in [2.45, 2.75) is 85.5 Å². The lowest BCUT2D eigenvalue weighted by molar-refractivity contribution is 0.483. The molecule has 9 aromatic carbocycles. The second-order valence-electron chi connectivity index (χ2n) is 24.7. The van der Waals surface area contributed by atoms with Gasteiger partial charge < -0.3 is 19.1 Å². The third-order valence-corrected chi connectivity index (χ3v) is 16.2. The lowest BCUT2D eigenvalue weighted by Crippen LogP contribution is -2.25. The highest BCUT2D eigenvalue weighted by Crippen LogP contribution is 2.49. The van der Waals surface area contributed by atoms with Crippen molar-refractivity contribution in [3.8, 4) is 45.3 Å². The van der Waals surface area contributed by atoms with E-state index in [4.69, 9.17) is 9.72 Å². The molecule has 0 N–H and O–H groups in total. The van der Waals surface area contributed by atoms with Crippen LogP contribution in [0.2, 0.25) is 0 Å². The Morgan fingerprint density at radius 3 is 1.57 bits per heavy atom. The summed E-state index contributed by atoms with van der Waals surface area (Å²) in [6.45, 7) is 23.5. The first-order chi connectivity index (χ1) is 37.9. The maximum Gasteiger partial charge on any atom is 0.137 e. The fourth-order valence-corrected chi connectivity index (χ4v) is 11.8. The van der Waals surface area contributed by atoms with E-state index in [1.165, 1.54) is 66.4 Å². The highest BCUT2D eigenvalue weighted by Gasteiger charge is 2.31. The molecule has 1 aliphatic rings. The van der Waals surface area contributed by atoms with Gasteiger partial charge in [0.15, 0.2) is 0 Å². The third kappa shape index (κ3) is 8.90. The number of benzene rings is 9. The van der Waals surface area contributed by atoms with Crippen molar-refractivity contribution in [2.75, 3.05) is 16.5 Å². The standard InChI is InChI=1S/C73H67N5O/c1-47-37-70(74-45-63(47)50-19-17-21-55(38-50)77-64-26-14-11-23-59(64)60-24-12-15-27-65(60)77)78-66-28-16-13-25-61(66)62-35-34-58(44-68(62)78)79-57-22-18-20-54(43-57)75-46-76(56-41-52(72(5,6)7)40-53(42-56)73(8,9)10)69-39-49(31-36-67(69)75)48-29-32-51(33-30-48)71(2,3)4/h11-45H,46H2,1-10H3. The van der Waals surface area contributed by atoms with Crippen molar-refractivity contribution in [3.05, 3.63) is 235 Å². The average Bonchev–Trinajstić information content (AvgIpc) is 4.34. The highest BCUT2D eigenvalue weighted by molar-refractivity contribution is 6.10. The van der Waals surface area contributed by atoms with Crippen molar-refractivity contribution in [3.63, 3.8) is 0 Å².